The van der Waals surface area contributed by atoms with Crippen molar-refractivity contribution >= 4 is 11.9 Å². The first kappa shape index (κ1) is 11.4. The summed E-state index contributed by atoms with van der Waals surface area (Å²) in [5, 5.41) is 5.32. The average Bonchev–Trinajstić information content (AvgIpc) is 2.85. The molecule has 4 heteroatoms. The Morgan fingerprint density at radius 1 is 1.38 bits per heavy atom. The van der Waals surface area contributed by atoms with Gasteiger partial charge in [0.25, 0.3) is 5.91 Å². The smallest absolute Gasteiger partial charge is 0.322 e. The zero-order valence-corrected chi connectivity index (χ0v) is 10.0. The third-order valence-corrected chi connectivity index (χ3v) is 4.31. The molecule has 4 nitrogen and oxygen atoms in total. The summed E-state index contributed by atoms with van der Waals surface area (Å²) in [7, 11) is 0. The van der Waals surface area contributed by atoms with E-state index in [4.69, 9.17) is 0 Å². The average molecular weight is 224 g/mol. The van der Waals surface area contributed by atoms with Crippen LogP contribution in [0.5, 0.6) is 0 Å². The van der Waals surface area contributed by atoms with Crippen molar-refractivity contribution in [3.8, 4) is 0 Å². The van der Waals surface area contributed by atoms with Gasteiger partial charge in [-0.3, -0.25) is 10.1 Å². The van der Waals surface area contributed by atoms with Crippen LogP contribution in [-0.4, -0.2) is 17.5 Å². The maximum Gasteiger partial charge on any atom is 0.322 e. The van der Waals surface area contributed by atoms with Gasteiger partial charge in [0.2, 0.25) is 0 Å². The molecule has 1 aliphatic carbocycles. The molecule has 1 saturated heterocycles. The molecule has 1 aliphatic heterocycles. The number of imide groups is 1. The molecule has 2 fully saturated rings. The van der Waals surface area contributed by atoms with Crippen LogP contribution >= 0.6 is 0 Å². The quantitative estimate of drug-likeness (QED) is 0.718. The van der Waals surface area contributed by atoms with Gasteiger partial charge in [-0.1, -0.05) is 33.1 Å². The lowest BCUT2D eigenvalue weighted by Crippen LogP contribution is -2.57. The Kier molecular flexibility index (Phi) is 2.91. The summed E-state index contributed by atoms with van der Waals surface area (Å²) in [6.07, 6.45) is 5.36. The minimum Gasteiger partial charge on any atom is -0.323 e. The van der Waals surface area contributed by atoms with E-state index < -0.39 is 5.54 Å². The monoisotopic (exact) mass is 224 g/mol. The number of rotatable bonds is 3. The van der Waals surface area contributed by atoms with Crippen LogP contribution in [0.25, 0.3) is 0 Å². The van der Waals surface area contributed by atoms with E-state index in [-0.39, 0.29) is 17.9 Å². The van der Waals surface area contributed by atoms with Crippen LogP contribution in [0.3, 0.4) is 0 Å². The summed E-state index contributed by atoms with van der Waals surface area (Å²) in [5.74, 6) is 0.398. The van der Waals surface area contributed by atoms with E-state index in [1.807, 2.05) is 0 Å². The third kappa shape index (κ3) is 1.51. The summed E-state index contributed by atoms with van der Waals surface area (Å²) in [5.41, 5.74) is -0.637. The normalized spacial score (nSPS) is 32.6. The van der Waals surface area contributed by atoms with E-state index >= 15 is 0 Å². The molecular weight excluding hydrogens is 204 g/mol. The third-order valence-electron chi connectivity index (χ3n) is 4.31. The van der Waals surface area contributed by atoms with Crippen molar-refractivity contribution in [3.05, 3.63) is 0 Å². The predicted octanol–water partition coefficient (Wildman–Crippen LogP) is 1.80. The molecule has 0 radical (unpaired) electrons. The molecule has 0 aromatic carbocycles. The van der Waals surface area contributed by atoms with E-state index in [1.54, 1.807) is 0 Å². The SMILES string of the molecule is CC[C@@H](C)[C@]1(C2CCCC2)NC(=O)NC1=O. The van der Waals surface area contributed by atoms with Crippen molar-refractivity contribution in [2.24, 2.45) is 11.8 Å². The number of carbonyl (C=O) groups excluding carboxylic acids is 2. The van der Waals surface area contributed by atoms with Gasteiger partial charge in [-0.25, -0.2) is 4.79 Å². The predicted molar refractivity (Wildman–Crippen MR) is 60.8 cm³/mol. The van der Waals surface area contributed by atoms with Crippen LogP contribution in [0, 0.1) is 11.8 Å². The van der Waals surface area contributed by atoms with Crippen molar-refractivity contribution < 1.29 is 9.59 Å². The molecule has 0 bridgehead atoms. The van der Waals surface area contributed by atoms with Gasteiger partial charge in [-0.05, 0) is 24.7 Å². The number of nitrogens with one attached hydrogen (secondary N) is 2. The van der Waals surface area contributed by atoms with Crippen LogP contribution < -0.4 is 10.6 Å². The van der Waals surface area contributed by atoms with Gasteiger partial charge in [0.1, 0.15) is 5.54 Å². The molecule has 0 aromatic heterocycles. The summed E-state index contributed by atoms with van der Waals surface area (Å²) in [6, 6.07) is -0.322. The molecular formula is C12H20N2O2. The van der Waals surface area contributed by atoms with Crippen molar-refractivity contribution in [1.82, 2.24) is 10.6 Å². The Morgan fingerprint density at radius 2 is 2.00 bits per heavy atom. The molecule has 1 saturated carbocycles. The number of urea groups is 1. The first-order valence-corrected chi connectivity index (χ1v) is 6.24. The zero-order valence-electron chi connectivity index (χ0n) is 10.0. The highest BCUT2D eigenvalue weighted by atomic mass is 16.2. The van der Waals surface area contributed by atoms with Gasteiger partial charge in [0.05, 0.1) is 0 Å². The number of carbonyl (C=O) groups is 2. The second kappa shape index (κ2) is 4.07. The van der Waals surface area contributed by atoms with Gasteiger partial charge in [-0.15, -0.1) is 0 Å². The standard InChI is InChI=1S/C12H20N2O2/c1-3-8(2)12(9-6-4-5-7-9)10(15)13-11(16)14-12/h8-9H,3-7H2,1-2H3,(H2,13,14,15,16)/t8-,12-/m1/s1. The minimum atomic E-state index is -0.637. The Hall–Kier alpha value is -1.06. The zero-order chi connectivity index (χ0) is 11.8. The van der Waals surface area contributed by atoms with E-state index in [1.165, 1.54) is 12.8 Å². The number of amides is 3. The van der Waals surface area contributed by atoms with Crippen molar-refractivity contribution in [2.45, 2.75) is 51.5 Å². The molecule has 90 valence electrons. The molecule has 2 aliphatic rings. The molecule has 16 heavy (non-hydrogen) atoms. The summed E-state index contributed by atoms with van der Waals surface area (Å²) in [6.45, 7) is 4.13. The second-order valence-electron chi connectivity index (χ2n) is 5.07. The van der Waals surface area contributed by atoms with Gasteiger partial charge in [0.15, 0.2) is 0 Å². The van der Waals surface area contributed by atoms with E-state index in [0.29, 0.717) is 5.92 Å². The summed E-state index contributed by atoms with van der Waals surface area (Å²) >= 11 is 0. The Morgan fingerprint density at radius 3 is 2.44 bits per heavy atom. The maximum atomic E-state index is 12.1. The maximum absolute atomic E-state index is 12.1. The lowest BCUT2D eigenvalue weighted by molar-refractivity contribution is -0.128. The van der Waals surface area contributed by atoms with Gasteiger partial charge < -0.3 is 5.32 Å². The number of hydrogen-bond donors (Lipinski definition) is 2. The van der Waals surface area contributed by atoms with E-state index in [0.717, 1.165) is 19.3 Å². The minimum absolute atomic E-state index is 0.112. The summed E-state index contributed by atoms with van der Waals surface area (Å²) in [4.78, 5) is 23.5. The molecule has 0 spiro atoms. The van der Waals surface area contributed by atoms with Gasteiger partial charge in [0, 0.05) is 0 Å². The lowest BCUT2D eigenvalue weighted by Gasteiger charge is -2.37. The van der Waals surface area contributed by atoms with Crippen LogP contribution in [0.2, 0.25) is 0 Å². The van der Waals surface area contributed by atoms with Crippen molar-refractivity contribution in [2.75, 3.05) is 0 Å². The Balaban J connectivity index is 2.31. The fourth-order valence-corrected chi connectivity index (χ4v) is 3.22. The van der Waals surface area contributed by atoms with Crippen molar-refractivity contribution in [3.63, 3.8) is 0 Å². The van der Waals surface area contributed by atoms with E-state index in [9.17, 15) is 9.59 Å². The molecule has 2 N–H and O–H groups in total. The van der Waals surface area contributed by atoms with Crippen molar-refractivity contribution in [1.29, 1.82) is 0 Å². The fourth-order valence-electron chi connectivity index (χ4n) is 3.22. The van der Waals surface area contributed by atoms with Crippen LogP contribution in [-0.2, 0) is 4.79 Å². The fraction of sp³-hybridized carbons (Fsp3) is 0.833. The van der Waals surface area contributed by atoms with Gasteiger partial charge >= 0.3 is 6.03 Å². The Bertz CT molecular complexity index is 310. The topological polar surface area (TPSA) is 58.2 Å². The van der Waals surface area contributed by atoms with Crippen LogP contribution in [0.4, 0.5) is 4.79 Å². The highest BCUT2D eigenvalue weighted by molar-refractivity contribution is 6.07. The molecule has 3 amide bonds. The van der Waals surface area contributed by atoms with Crippen LogP contribution in [0.15, 0.2) is 0 Å². The second-order valence-corrected chi connectivity index (χ2v) is 5.07. The largest absolute Gasteiger partial charge is 0.323 e. The highest BCUT2D eigenvalue weighted by Gasteiger charge is 2.54. The molecule has 0 aromatic rings. The molecule has 2 atom stereocenters. The molecule has 0 unspecified atom stereocenters. The highest BCUT2D eigenvalue weighted by Crippen LogP contribution is 2.41. The first-order valence-electron chi connectivity index (χ1n) is 6.24. The van der Waals surface area contributed by atoms with Gasteiger partial charge in [-0.2, -0.15) is 0 Å². The summed E-state index contributed by atoms with van der Waals surface area (Å²) < 4.78 is 0. The Labute approximate surface area is 96.2 Å². The van der Waals surface area contributed by atoms with E-state index in [2.05, 4.69) is 24.5 Å². The lowest BCUT2D eigenvalue weighted by atomic mass is 9.72. The first-order chi connectivity index (χ1) is 7.61. The number of hydrogen-bond acceptors (Lipinski definition) is 2. The van der Waals surface area contributed by atoms with Crippen LogP contribution in [0.1, 0.15) is 46.0 Å². The molecule has 2 rings (SSSR count). The molecule has 1 heterocycles.